The van der Waals surface area contributed by atoms with Crippen molar-refractivity contribution in [3.05, 3.63) is 66.5 Å². The van der Waals surface area contributed by atoms with Crippen LogP contribution in [-0.2, 0) is 6.54 Å². The molecule has 2 aromatic rings. The van der Waals surface area contributed by atoms with E-state index in [0.29, 0.717) is 0 Å². The summed E-state index contributed by atoms with van der Waals surface area (Å²) in [5.41, 5.74) is 5.15. The zero-order valence-corrected chi connectivity index (χ0v) is 16.1. The second-order valence-corrected chi connectivity index (χ2v) is 4.28. The first-order valence-electron chi connectivity index (χ1n) is 8.96. The Morgan fingerprint density at radius 3 is 2.00 bits per heavy atom. The predicted octanol–water partition coefficient (Wildman–Crippen LogP) is 6.92. The van der Waals surface area contributed by atoms with Crippen LogP contribution in [0.3, 0.4) is 0 Å². The van der Waals surface area contributed by atoms with Gasteiger partial charge in [0.1, 0.15) is 0 Å². The van der Waals surface area contributed by atoms with Crippen LogP contribution in [0.5, 0.6) is 0 Å². The number of rotatable bonds is 2. The van der Waals surface area contributed by atoms with Crippen LogP contribution in [-0.4, -0.2) is 6.72 Å². The summed E-state index contributed by atoms with van der Waals surface area (Å²) in [4.78, 5) is 5.99. The molecule has 130 valence electrons. The largest absolute Gasteiger partial charge is 0.341 e. The van der Waals surface area contributed by atoms with Gasteiger partial charge >= 0.3 is 0 Å². The highest BCUT2D eigenvalue weighted by Gasteiger charge is 2.19. The molecule has 1 heterocycles. The van der Waals surface area contributed by atoms with E-state index in [1.54, 1.807) is 6.20 Å². The summed E-state index contributed by atoms with van der Waals surface area (Å²) in [6.07, 6.45) is 3.70. The summed E-state index contributed by atoms with van der Waals surface area (Å²) in [5.74, 6) is 0. The van der Waals surface area contributed by atoms with Crippen LogP contribution < -0.4 is 4.90 Å². The van der Waals surface area contributed by atoms with Crippen LogP contribution in [0.1, 0.15) is 47.1 Å². The van der Waals surface area contributed by atoms with Crippen LogP contribution in [0.2, 0.25) is 0 Å². The molecule has 2 aromatic carbocycles. The molecule has 0 bridgehead atoms. The lowest BCUT2D eigenvalue weighted by Crippen LogP contribution is -2.20. The first-order chi connectivity index (χ1) is 11.9. The van der Waals surface area contributed by atoms with Crippen molar-refractivity contribution in [3.63, 3.8) is 0 Å². The minimum atomic E-state index is 0.874. The number of nitrogens with zero attached hydrogens (tertiary/aromatic N) is 2. The number of aliphatic imine (C=N–C) groups is 1. The van der Waals surface area contributed by atoms with Crippen molar-refractivity contribution in [2.45, 2.75) is 48.1 Å². The number of anilines is 1. The maximum atomic E-state index is 3.79. The third-order valence-electron chi connectivity index (χ3n) is 3.21. The van der Waals surface area contributed by atoms with Gasteiger partial charge in [0.25, 0.3) is 0 Å². The van der Waals surface area contributed by atoms with E-state index in [0.717, 1.165) is 6.54 Å². The Morgan fingerprint density at radius 2 is 1.38 bits per heavy atom. The number of benzene rings is 2. The highest BCUT2D eigenvalue weighted by molar-refractivity contribution is 5.84. The fraction of sp³-hybridized carbons (Fsp3) is 0.318. The lowest BCUT2D eigenvalue weighted by Gasteiger charge is -2.29. The fourth-order valence-corrected chi connectivity index (χ4v) is 2.40. The molecule has 0 fully saturated rings. The molecule has 2 nitrogen and oxygen atoms in total. The summed E-state index contributed by atoms with van der Waals surface area (Å²) in [7, 11) is 0. The van der Waals surface area contributed by atoms with Gasteiger partial charge in [-0.05, 0) is 23.9 Å². The lowest BCUT2D eigenvalue weighted by atomic mass is 9.94. The van der Waals surface area contributed by atoms with Gasteiger partial charge in [-0.1, -0.05) is 84.0 Å². The number of hydrogen-bond acceptors (Lipinski definition) is 2. The Hall–Kier alpha value is -2.35. The number of hydrogen-bond donors (Lipinski definition) is 0. The normalized spacial score (nSPS) is 10.7. The van der Waals surface area contributed by atoms with Crippen molar-refractivity contribution >= 4 is 12.4 Å². The minimum Gasteiger partial charge on any atom is -0.341 e. The smallest absolute Gasteiger partial charge is 0.0489 e. The van der Waals surface area contributed by atoms with Gasteiger partial charge in [-0.15, -0.1) is 0 Å². The molecule has 1 aliphatic rings. The number of fused-ring (bicyclic) bond motifs is 3. The van der Waals surface area contributed by atoms with Crippen molar-refractivity contribution in [1.82, 2.24) is 0 Å². The third kappa shape index (κ3) is 5.38. The van der Waals surface area contributed by atoms with Crippen molar-refractivity contribution in [1.29, 1.82) is 0 Å². The zero-order chi connectivity index (χ0) is 18.4. The van der Waals surface area contributed by atoms with E-state index in [-0.39, 0.29) is 0 Å². The molecule has 0 unspecified atom stereocenters. The average molecular weight is 325 g/mol. The first-order valence-corrected chi connectivity index (χ1v) is 8.96. The van der Waals surface area contributed by atoms with Gasteiger partial charge in [-0.2, -0.15) is 0 Å². The van der Waals surface area contributed by atoms with E-state index in [4.69, 9.17) is 0 Å². The predicted molar refractivity (Wildman–Crippen MR) is 111 cm³/mol. The summed E-state index contributed by atoms with van der Waals surface area (Å²) in [6.45, 7) is 16.4. The maximum absolute atomic E-state index is 3.79. The Labute approximate surface area is 148 Å². The minimum absolute atomic E-state index is 0.874. The van der Waals surface area contributed by atoms with E-state index in [9.17, 15) is 0 Å². The molecular weight excluding hydrogens is 292 g/mol. The molecule has 0 aliphatic carbocycles. The summed E-state index contributed by atoms with van der Waals surface area (Å²) in [5, 5.41) is 0. The van der Waals surface area contributed by atoms with Crippen LogP contribution in [0.15, 0.2) is 65.9 Å². The van der Waals surface area contributed by atoms with Gasteiger partial charge in [0.05, 0.1) is 0 Å². The molecule has 2 heteroatoms. The number of para-hydroxylation sites is 1. The van der Waals surface area contributed by atoms with E-state index >= 15 is 0 Å². The Kier molecular flexibility index (Phi) is 11.8. The van der Waals surface area contributed by atoms with Crippen molar-refractivity contribution in [2.75, 3.05) is 4.90 Å². The highest BCUT2D eigenvalue weighted by Crippen LogP contribution is 2.38. The van der Waals surface area contributed by atoms with Crippen LogP contribution in [0.25, 0.3) is 11.1 Å². The molecule has 0 aromatic heterocycles. The fourth-order valence-electron chi connectivity index (χ4n) is 2.40. The average Bonchev–Trinajstić information content (AvgIpc) is 2.71. The molecule has 0 atom stereocenters. The van der Waals surface area contributed by atoms with Gasteiger partial charge in [-0.3, -0.25) is 4.99 Å². The molecule has 24 heavy (non-hydrogen) atoms. The Bertz CT molecular complexity index is 615. The quantitative estimate of drug-likeness (QED) is 0.547. The molecule has 0 saturated carbocycles. The van der Waals surface area contributed by atoms with Crippen LogP contribution in [0, 0.1) is 0 Å². The summed E-state index contributed by atoms with van der Waals surface area (Å²) >= 11 is 0. The van der Waals surface area contributed by atoms with Crippen molar-refractivity contribution in [2.24, 2.45) is 4.99 Å². The van der Waals surface area contributed by atoms with E-state index in [1.165, 1.54) is 22.4 Å². The third-order valence-corrected chi connectivity index (χ3v) is 3.21. The molecule has 0 radical (unpaired) electrons. The van der Waals surface area contributed by atoms with E-state index in [1.807, 2.05) is 47.7 Å². The standard InChI is InChI=1S/C16H14N2.3C2H6/c1-17-10-11-18-12-13-6-2-3-7-14(13)15-8-4-5-9-16(15)18;3*1-2/h2-11H,1,12H2;3*1-2H3/b11-10-;;;. The lowest BCUT2D eigenvalue weighted by molar-refractivity contribution is 0.951. The van der Waals surface area contributed by atoms with Crippen molar-refractivity contribution < 1.29 is 0 Å². The molecule has 3 rings (SSSR count). The zero-order valence-electron chi connectivity index (χ0n) is 16.1. The maximum Gasteiger partial charge on any atom is 0.0489 e. The molecule has 0 N–H and O–H groups in total. The first kappa shape index (κ1) is 21.7. The second-order valence-electron chi connectivity index (χ2n) is 4.28. The molecule has 0 amide bonds. The van der Waals surface area contributed by atoms with Crippen LogP contribution in [0.4, 0.5) is 5.69 Å². The van der Waals surface area contributed by atoms with E-state index in [2.05, 4.69) is 65.1 Å². The van der Waals surface area contributed by atoms with Gasteiger partial charge in [0.15, 0.2) is 0 Å². The van der Waals surface area contributed by atoms with Gasteiger partial charge < -0.3 is 4.90 Å². The highest BCUT2D eigenvalue weighted by atomic mass is 15.1. The molecule has 0 saturated heterocycles. The summed E-state index contributed by atoms with van der Waals surface area (Å²) < 4.78 is 0. The monoisotopic (exact) mass is 324 g/mol. The van der Waals surface area contributed by atoms with Crippen molar-refractivity contribution in [3.8, 4) is 11.1 Å². The second kappa shape index (κ2) is 13.1. The molecule has 0 spiro atoms. The SMILES string of the molecule is C=N/C=C\N1Cc2ccccc2-c2ccccc21.CC.CC.CC. The van der Waals surface area contributed by atoms with Gasteiger partial charge in [0, 0.05) is 30.2 Å². The summed E-state index contributed by atoms with van der Waals surface area (Å²) in [6, 6.07) is 17.0. The molecule has 1 aliphatic heterocycles. The van der Waals surface area contributed by atoms with E-state index < -0.39 is 0 Å². The Morgan fingerprint density at radius 1 is 0.833 bits per heavy atom. The molecular formula is C22H32N2. The Balaban J connectivity index is 0.000000798. The van der Waals surface area contributed by atoms with Gasteiger partial charge in [-0.25, -0.2) is 0 Å². The van der Waals surface area contributed by atoms with Crippen LogP contribution >= 0.6 is 0 Å². The topological polar surface area (TPSA) is 15.6 Å². The van der Waals surface area contributed by atoms with Gasteiger partial charge in [0.2, 0.25) is 0 Å².